The average molecular weight is 289 g/mol. The smallest absolute Gasteiger partial charge is 0.243 e. The second kappa shape index (κ2) is 5.17. The van der Waals surface area contributed by atoms with E-state index in [0.29, 0.717) is 11.6 Å². The van der Waals surface area contributed by atoms with Crippen LogP contribution in [0.2, 0.25) is 5.02 Å². The van der Waals surface area contributed by atoms with Gasteiger partial charge in [0.2, 0.25) is 10.0 Å². The lowest BCUT2D eigenvalue weighted by atomic mass is 10.2. The molecule has 1 aromatic rings. The second-order valence-corrected chi connectivity index (χ2v) is 6.98. The largest absolute Gasteiger partial charge is 0.315 e. The molecule has 6 heteroatoms. The number of sulfonamides is 1. The number of halogens is 1. The summed E-state index contributed by atoms with van der Waals surface area (Å²) in [5.41, 5.74) is 0.876. The van der Waals surface area contributed by atoms with Gasteiger partial charge in [0.25, 0.3) is 0 Å². The van der Waals surface area contributed by atoms with Crippen LogP contribution in [0.4, 0.5) is 0 Å². The third-order valence-corrected chi connectivity index (χ3v) is 5.68. The number of nitrogens with one attached hydrogen (secondary N) is 1. The molecular weight excluding hydrogens is 272 g/mol. The maximum Gasteiger partial charge on any atom is 0.243 e. The Kier molecular flexibility index (Phi) is 3.96. The molecule has 1 atom stereocenters. The molecule has 2 rings (SSSR count). The van der Waals surface area contributed by atoms with E-state index >= 15 is 0 Å². The van der Waals surface area contributed by atoms with Gasteiger partial charge in [-0.15, -0.1) is 0 Å². The molecule has 100 valence electrons. The van der Waals surface area contributed by atoms with Crippen LogP contribution in [0, 0.1) is 6.92 Å². The van der Waals surface area contributed by atoms with Gasteiger partial charge < -0.3 is 5.32 Å². The van der Waals surface area contributed by atoms with Crippen molar-refractivity contribution in [2.24, 2.45) is 0 Å². The van der Waals surface area contributed by atoms with Crippen LogP contribution in [0.5, 0.6) is 0 Å². The van der Waals surface area contributed by atoms with Crippen molar-refractivity contribution in [2.45, 2.75) is 24.3 Å². The summed E-state index contributed by atoms with van der Waals surface area (Å²) in [4.78, 5) is 0.257. The van der Waals surface area contributed by atoms with Gasteiger partial charge in [0, 0.05) is 24.7 Å². The molecule has 0 saturated carbocycles. The van der Waals surface area contributed by atoms with E-state index in [2.05, 4.69) is 5.32 Å². The summed E-state index contributed by atoms with van der Waals surface area (Å²) in [5, 5.41) is 3.65. The Balaban J connectivity index is 2.32. The van der Waals surface area contributed by atoms with Crippen molar-refractivity contribution in [2.75, 3.05) is 20.1 Å². The van der Waals surface area contributed by atoms with Gasteiger partial charge in [0.15, 0.2) is 0 Å². The number of hydrogen-bond acceptors (Lipinski definition) is 3. The number of likely N-dealkylation sites (N-methyl/N-ethyl adjacent to an activating group) is 1. The zero-order chi connectivity index (χ0) is 13.3. The van der Waals surface area contributed by atoms with Crippen LogP contribution in [-0.2, 0) is 10.0 Å². The average Bonchev–Trinajstić information content (AvgIpc) is 2.85. The zero-order valence-electron chi connectivity index (χ0n) is 10.5. The molecule has 4 nitrogen and oxygen atoms in total. The molecule has 18 heavy (non-hydrogen) atoms. The van der Waals surface area contributed by atoms with Gasteiger partial charge in [0.1, 0.15) is 0 Å². The Morgan fingerprint density at radius 2 is 2.17 bits per heavy atom. The molecule has 0 amide bonds. The molecule has 1 N–H and O–H groups in total. The Bertz CT molecular complexity index is 539. The molecule has 1 saturated heterocycles. The van der Waals surface area contributed by atoms with Gasteiger partial charge in [-0.1, -0.05) is 17.7 Å². The normalized spacial score (nSPS) is 20.6. The summed E-state index contributed by atoms with van der Waals surface area (Å²) in [6, 6.07) is 4.88. The molecule has 0 aromatic heterocycles. The van der Waals surface area contributed by atoms with Crippen molar-refractivity contribution in [1.29, 1.82) is 0 Å². The highest BCUT2D eigenvalue weighted by Gasteiger charge is 2.30. The molecule has 1 aromatic carbocycles. The van der Waals surface area contributed by atoms with Gasteiger partial charge in [-0.2, -0.15) is 4.31 Å². The van der Waals surface area contributed by atoms with Gasteiger partial charge in [0.05, 0.1) is 4.90 Å². The fourth-order valence-corrected chi connectivity index (χ4v) is 3.70. The van der Waals surface area contributed by atoms with Crippen molar-refractivity contribution in [3.63, 3.8) is 0 Å². The quantitative estimate of drug-likeness (QED) is 0.920. The van der Waals surface area contributed by atoms with E-state index in [-0.39, 0.29) is 10.9 Å². The molecule has 0 spiro atoms. The molecule has 0 aliphatic carbocycles. The number of rotatable bonds is 3. The summed E-state index contributed by atoms with van der Waals surface area (Å²) in [5.74, 6) is 0. The maximum absolute atomic E-state index is 12.4. The minimum Gasteiger partial charge on any atom is -0.315 e. The summed E-state index contributed by atoms with van der Waals surface area (Å²) >= 11 is 5.99. The van der Waals surface area contributed by atoms with Gasteiger partial charge in [-0.3, -0.25) is 0 Å². The van der Waals surface area contributed by atoms with E-state index in [4.69, 9.17) is 11.6 Å². The highest BCUT2D eigenvalue weighted by molar-refractivity contribution is 7.89. The first kappa shape index (κ1) is 13.8. The third-order valence-electron chi connectivity index (χ3n) is 3.37. The predicted molar refractivity (Wildman–Crippen MR) is 72.4 cm³/mol. The molecule has 1 aliphatic heterocycles. The third kappa shape index (κ3) is 2.54. The van der Waals surface area contributed by atoms with E-state index in [1.807, 2.05) is 6.92 Å². The summed E-state index contributed by atoms with van der Waals surface area (Å²) in [6.07, 6.45) is 0.843. The van der Waals surface area contributed by atoms with Crippen molar-refractivity contribution < 1.29 is 8.42 Å². The Labute approximate surface area is 113 Å². The maximum atomic E-state index is 12.4. The lowest BCUT2D eigenvalue weighted by Crippen LogP contribution is -2.38. The lowest BCUT2D eigenvalue weighted by molar-refractivity contribution is 0.388. The topological polar surface area (TPSA) is 49.4 Å². The standard InChI is InChI=1S/C12H17ClN2O2S/c1-9-3-4-11(7-12(9)13)18(16,17)15(2)10-5-6-14-8-10/h3-4,7,10,14H,5-6,8H2,1-2H3. The summed E-state index contributed by atoms with van der Waals surface area (Å²) < 4.78 is 26.3. The van der Waals surface area contributed by atoms with Crippen LogP contribution in [0.15, 0.2) is 23.1 Å². The molecular formula is C12H17ClN2O2S. The van der Waals surface area contributed by atoms with Crippen molar-refractivity contribution >= 4 is 21.6 Å². The minimum atomic E-state index is -3.45. The first-order valence-electron chi connectivity index (χ1n) is 5.88. The highest BCUT2D eigenvalue weighted by Crippen LogP contribution is 2.24. The van der Waals surface area contributed by atoms with Crippen LogP contribution in [0.1, 0.15) is 12.0 Å². The first-order valence-corrected chi connectivity index (χ1v) is 7.69. The number of aryl methyl sites for hydroxylation is 1. The van der Waals surface area contributed by atoms with Crippen molar-refractivity contribution in [3.05, 3.63) is 28.8 Å². The summed E-state index contributed by atoms with van der Waals surface area (Å²) in [6.45, 7) is 3.41. The van der Waals surface area contributed by atoms with E-state index in [9.17, 15) is 8.42 Å². The molecule has 0 radical (unpaired) electrons. The molecule has 1 unspecified atom stereocenters. The molecule has 1 fully saturated rings. The second-order valence-electron chi connectivity index (χ2n) is 4.58. The molecule has 1 heterocycles. The van der Waals surface area contributed by atoms with Crippen LogP contribution < -0.4 is 5.32 Å². The van der Waals surface area contributed by atoms with Gasteiger partial charge in [-0.25, -0.2) is 8.42 Å². The number of hydrogen-bond donors (Lipinski definition) is 1. The SMILES string of the molecule is Cc1ccc(S(=O)(=O)N(C)C2CCNC2)cc1Cl. The highest BCUT2D eigenvalue weighted by atomic mass is 35.5. The Morgan fingerprint density at radius 1 is 1.44 bits per heavy atom. The fraction of sp³-hybridized carbons (Fsp3) is 0.500. The predicted octanol–water partition coefficient (Wildman–Crippen LogP) is 1.63. The molecule has 1 aliphatic rings. The Morgan fingerprint density at radius 3 is 2.72 bits per heavy atom. The molecule has 0 bridgehead atoms. The summed E-state index contributed by atoms with van der Waals surface area (Å²) in [7, 11) is -1.83. The lowest BCUT2D eigenvalue weighted by Gasteiger charge is -2.23. The van der Waals surface area contributed by atoms with Gasteiger partial charge in [-0.05, 0) is 37.6 Å². The van der Waals surface area contributed by atoms with Crippen LogP contribution in [-0.4, -0.2) is 38.9 Å². The van der Waals surface area contributed by atoms with E-state index in [1.165, 1.54) is 10.4 Å². The number of benzene rings is 1. The van der Waals surface area contributed by atoms with Crippen LogP contribution in [0.25, 0.3) is 0 Å². The number of nitrogens with zero attached hydrogens (tertiary/aromatic N) is 1. The fourth-order valence-electron chi connectivity index (χ4n) is 2.05. The monoisotopic (exact) mass is 288 g/mol. The van der Waals surface area contributed by atoms with Crippen molar-refractivity contribution in [3.8, 4) is 0 Å². The minimum absolute atomic E-state index is 0.0232. The first-order chi connectivity index (χ1) is 8.43. The van der Waals surface area contributed by atoms with Crippen molar-refractivity contribution in [1.82, 2.24) is 9.62 Å². The van der Waals surface area contributed by atoms with Crippen LogP contribution in [0.3, 0.4) is 0 Å². The zero-order valence-corrected chi connectivity index (χ0v) is 12.1. The van der Waals surface area contributed by atoms with E-state index in [0.717, 1.165) is 18.5 Å². The van der Waals surface area contributed by atoms with Gasteiger partial charge >= 0.3 is 0 Å². The Hall–Kier alpha value is -0.620. The van der Waals surface area contributed by atoms with Crippen LogP contribution >= 0.6 is 11.6 Å². The van der Waals surface area contributed by atoms with E-state index < -0.39 is 10.0 Å². The van der Waals surface area contributed by atoms with E-state index in [1.54, 1.807) is 19.2 Å².